The summed E-state index contributed by atoms with van der Waals surface area (Å²) < 4.78 is 53.4. The number of rotatable bonds is 14. The molecule has 0 spiro atoms. The van der Waals surface area contributed by atoms with Gasteiger partial charge in [0.2, 0.25) is 11.8 Å². The molecule has 0 radical (unpaired) electrons. The number of amides is 2. The molecule has 0 saturated heterocycles. The van der Waals surface area contributed by atoms with E-state index in [4.69, 9.17) is 9.47 Å². The molecule has 2 amide bonds. The number of nitrogens with one attached hydrogen (secondary N) is 1. The Hall–Kier alpha value is -4.12. The lowest BCUT2D eigenvalue weighted by Gasteiger charge is -2.33. The zero-order valence-corrected chi connectivity index (χ0v) is 25.4. The molecule has 0 fully saturated rings. The minimum atomic E-state index is -4.37. The Morgan fingerprint density at radius 2 is 1.62 bits per heavy atom. The van der Waals surface area contributed by atoms with Crippen molar-refractivity contribution in [2.24, 2.45) is 0 Å². The quantitative estimate of drug-likeness (QED) is 0.289. The maximum absolute atomic E-state index is 14.1. The monoisotopic (exact) mass is 599 g/mol. The van der Waals surface area contributed by atoms with E-state index in [1.807, 2.05) is 38.1 Å². The maximum atomic E-state index is 14.1. The number of hydrogen-bond donors (Lipinski definition) is 1. The van der Waals surface area contributed by atoms with E-state index in [1.54, 1.807) is 6.92 Å². The highest BCUT2D eigenvalue weighted by Gasteiger charge is 2.34. The number of nitrogens with zero attached hydrogens (tertiary/aromatic N) is 2. The average Bonchev–Trinajstić information content (AvgIpc) is 2.99. The Bertz CT molecular complexity index is 1480. The molecule has 0 heterocycles. The highest BCUT2D eigenvalue weighted by Crippen LogP contribution is 2.32. The van der Waals surface area contributed by atoms with Gasteiger partial charge in [-0.15, -0.1) is 0 Å². The van der Waals surface area contributed by atoms with Crippen LogP contribution < -0.4 is 19.1 Å². The Kier molecular flexibility index (Phi) is 11.3. The summed E-state index contributed by atoms with van der Waals surface area (Å²) in [7, 11) is -1.56. The Balaban J connectivity index is 2.10. The first-order valence-corrected chi connectivity index (χ1v) is 15.1. The van der Waals surface area contributed by atoms with Crippen LogP contribution in [0, 0.1) is 12.7 Å². The zero-order valence-electron chi connectivity index (χ0n) is 24.6. The molecular weight excluding hydrogens is 561 g/mol. The molecule has 11 heteroatoms. The number of sulfonamides is 1. The largest absolute Gasteiger partial charge is 0.493 e. The number of ether oxygens (including phenoxy) is 2. The predicted octanol–water partition coefficient (Wildman–Crippen LogP) is 4.68. The van der Waals surface area contributed by atoms with Crippen molar-refractivity contribution in [3.05, 3.63) is 83.7 Å². The summed E-state index contributed by atoms with van der Waals surface area (Å²) in [5.41, 5.74) is 1.83. The van der Waals surface area contributed by atoms with Gasteiger partial charge in [0.15, 0.2) is 11.5 Å². The van der Waals surface area contributed by atoms with Gasteiger partial charge in [0.05, 0.1) is 24.8 Å². The number of hydrogen-bond acceptors (Lipinski definition) is 6. The molecule has 3 rings (SSSR count). The number of methoxy groups -OCH3 is 2. The van der Waals surface area contributed by atoms with Crippen LogP contribution in [0.2, 0.25) is 0 Å². The molecular formula is C31H38FN3O6S. The standard InChI is InChI=1S/C31H38FN3O6S/c1-6-18-33-31(37)27(7-2)34(20-23-11-9-8-10-22(23)3)30(36)21-35(25-14-12-24(32)13-15-25)42(38,39)26-16-17-28(40-4)29(19-26)41-5/h8-17,19,27H,6-7,18,20-21H2,1-5H3,(H,33,37)/t27-/m0/s1. The first-order chi connectivity index (χ1) is 20.1. The second kappa shape index (κ2) is 14.7. The summed E-state index contributed by atoms with van der Waals surface area (Å²) in [6.45, 7) is 5.53. The summed E-state index contributed by atoms with van der Waals surface area (Å²) in [5, 5.41) is 2.86. The molecule has 1 atom stereocenters. The van der Waals surface area contributed by atoms with Crippen LogP contribution in [0.15, 0.2) is 71.6 Å². The topological polar surface area (TPSA) is 105 Å². The Morgan fingerprint density at radius 1 is 0.952 bits per heavy atom. The van der Waals surface area contributed by atoms with Crippen molar-refractivity contribution in [3.63, 3.8) is 0 Å². The molecule has 3 aromatic carbocycles. The van der Waals surface area contributed by atoms with Gasteiger partial charge in [0.25, 0.3) is 10.0 Å². The van der Waals surface area contributed by atoms with Crippen molar-refractivity contribution >= 4 is 27.5 Å². The fraction of sp³-hybridized carbons (Fsp3) is 0.355. The van der Waals surface area contributed by atoms with Crippen molar-refractivity contribution in [2.45, 2.75) is 51.1 Å². The van der Waals surface area contributed by atoms with E-state index in [-0.39, 0.29) is 28.8 Å². The van der Waals surface area contributed by atoms with Crippen LogP contribution in [0.25, 0.3) is 0 Å². The number of carbonyl (C=O) groups excluding carboxylic acids is 2. The van der Waals surface area contributed by atoms with Gasteiger partial charge < -0.3 is 19.7 Å². The van der Waals surface area contributed by atoms with Gasteiger partial charge >= 0.3 is 0 Å². The van der Waals surface area contributed by atoms with E-state index in [1.165, 1.54) is 49.5 Å². The minimum absolute atomic E-state index is 0.0823. The van der Waals surface area contributed by atoms with E-state index >= 15 is 0 Å². The Morgan fingerprint density at radius 3 is 2.21 bits per heavy atom. The number of benzene rings is 3. The van der Waals surface area contributed by atoms with Crippen molar-refractivity contribution in [3.8, 4) is 11.5 Å². The summed E-state index contributed by atoms with van der Waals surface area (Å²) in [4.78, 5) is 28.6. The van der Waals surface area contributed by atoms with Gasteiger partial charge in [-0.05, 0) is 67.3 Å². The summed E-state index contributed by atoms with van der Waals surface area (Å²) in [6.07, 6.45) is 1.03. The van der Waals surface area contributed by atoms with E-state index in [0.29, 0.717) is 18.7 Å². The van der Waals surface area contributed by atoms with E-state index < -0.39 is 34.3 Å². The van der Waals surface area contributed by atoms with Gasteiger partial charge in [0.1, 0.15) is 18.4 Å². The lowest BCUT2D eigenvalue weighted by atomic mass is 10.1. The van der Waals surface area contributed by atoms with Crippen molar-refractivity contribution < 1.29 is 31.9 Å². The van der Waals surface area contributed by atoms with E-state index in [9.17, 15) is 22.4 Å². The first kappa shape index (κ1) is 32.4. The van der Waals surface area contributed by atoms with Crippen LogP contribution in [-0.2, 0) is 26.2 Å². The third-order valence-corrected chi connectivity index (χ3v) is 8.64. The molecule has 0 aliphatic rings. The van der Waals surface area contributed by atoms with Gasteiger partial charge in [-0.3, -0.25) is 13.9 Å². The highest BCUT2D eigenvalue weighted by atomic mass is 32.2. The zero-order chi connectivity index (χ0) is 30.9. The lowest BCUT2D eigenvalue weighted by Crippen LogP contribution is -2.52. The number of halogens is 1. The Labute approximate surface area is 247 Å². The highest BCUT2D eigenvalue weighted by molar-refractivity contribution is 7.92. The average molecular weight is 600 g/mol. The normalized spacial score (nSPS) is 11.9. The summed E-state index contributed by atoms with van der Waals surface area (Å²) in [6, 6.07) is 15.6. The number of aryl methyl sites for hydroxylation is 1. The SMILES string of the molecule is CCCNC(=O)[C@H](CC)N(Cc1ccccc1C)C(=O)CN(c1ccc(F)cc1)S(=O)(=O)c1ccc(OC)c(OC)c1. The van der Waals surface area contributed by atoms with Crippen LogP contribution in [0.4, 0.5) is 10.1 Å². The second-order valence-electron chi connectivity index (χ2n) is 9.67. The number of anilines is 1. The van der Waals surface area contributed by atoms with Gasteiger partial charge in [0, 0.05) is 19.2 Å². The third kappa shape index (κ3) is 7.58. The van der Waals surface area contributed by atoms with Crippen LogP contribution in [0.3, 0.4) is 0 Å². The molecule has 1 N–H and O–H groups in total. The molecule has 0 bridgehead atoms. The first-order valence-electron chi connectivity index (χ1n) is 13.7. The fourth-order valence-electron chi connectivity index (χ4n) is 4.50. The summed E-state index contributed by atoms with van der Waals surface area (Å²) >= 11 is 0. The van der Waals surface area contributed by atoms with E-state index in [2.05, 4.69) is 5.32 Å². The fourth-order valence-corrected chi connectivity index (χ4v) is 5.93. The molecule has 0 saturated carbocycles. The van der Waals surface area contributed by atoms with Gasteiger partial charge in [-0.25, -0.2) is 12.8 Å². The van der Waals surface area contributed by atoms with Crippen molar-refractivity contribution in [1.29, 1.82) is 0 Å². The molecule has 0 aromatic heterocycles. The van der Waals surface area contributed by atoms with Crippen LogP contribution in [-0.4, -0.2) is 58.5 Å². The molecule has 9 nitrogen and oxygen atoms in total. The van der Waals surface area contributed by atoms with Crippen LogP contribution in [0.5, 0.6) is 11.5 Å². The molecule has 0 aliphatic carbocycles. The lowest BCUT2D eigenvalue weighted by molar-refractivity contribution is -0.140. The van der Waals surface area contributed by atoms with Crippen molar-refractivity contribution in [2.75, 3.05) is 31.6 Å². The maximum Gasteiger partial charge on any atom is 0.264 e. The molecule has 42 heavy (non-hydrogen) atoms. The van der Waals surface area contributed by atoms with Gasteiger partial charge in [-0.1, -0.05) is 38.1 Å². The molecule has 0 unspecified atom stereocenters. The van der Waals surface area contributed by atoms with E-state index in [0.717, 1.165) is 34.0 Å². The molecule has 226 valence electrons. The third-order valence-electron chi connectivity index (χ3n) is 6.87. The number of carbonyl (C=O) groups is 2. The van der Waals surface area contributed by atoms with Crippen LogP contribution in [0.1, 0.15) is 37.8 Å². The summed E-state index contributed by atoms with van der Waals surface area (Å²) in [5.74, 6) is -0.964. The smallest absolute Gasteiger partial charge is 0.264 e. The van der Waals surface area contributed by atoms with Crippen LogP contribution >= 0.6 is 0 Å². The molecule has 0 aliphatic heterocycles. The van der Waals surface area contributed by atoms with Crippen molar-refractivity contribution in [1.82, 2.24) is 10.2 Å². The second-order valence-corrected chi connectivity index (χ2v) is 11.5. The predicted molar refractivity (Wildman–Crippen MR) is 160 cm³/mol. The minimum Gasteiger partial charge on any atom is -0.493 e. The molecule has 3 aromatic rings. The van der Waals surface area contributed by atoms with Gasteiger partial charge in [-0.2, -0.15) is 0 Å².